The molecule has 1 aromatic rings. The Hall–Kier alpha value is -0.390. The predicted octanol–water partition coefficient (Wildman–Crippen LogP) is 2.14. The van der Waals surface area contributed by atoms with Gasteiger partial charge in [0.1, 0.15) is 5.82 Å². The van der Waals surface area contributed by atoms with Gasteiger partial charge in [-0.3, -0.25) is 4.79 Å². The highest BCUT2D eigenvalue weighted by atomic mass is 127. The maximum atomic E-state index is 11.5. The number of aromatic nitrogens is 2. The van der Waals surface area contributed by atoms with Crippen LogP contribution in [0.15, 0.2) is 4.79 Å². The van der Waals surface area contributed by atoms with Crippen molar-refractivity contribution in [1.82, 2.24) is 9.97 Å². The fourth-order valence-corrected chi connectivity index (χ4v) is 1.91. The summed E-state index contributed by atoms with van der Waals surface area (Å²) < 4.78 is 0.720. The summed E-state index contributed by atoms with van der Waals surface area (Å²) in [6, 6.07) is 0. The zero-order chi connectivity index (χ0) is 10.7. The van der Waals surface area contributed by atoms with E-state index in [2.05, 4.69) is 23.8 Å². The van der Waals surface area contributed by atoms with Gasteiger partial charge >= 0.3 is 0 Å². The van der Waals surface area contributed by atoms with Crippen LogP contribution in [0.1, 0.15) is 32.3 Å². The van der Waals surface area contributed by atoms with Gasteiger partial charge in [-0.1, -0.05) is 20.8 Å². The molecule has 78 valence electrons. The van der Waals surface area contributed by atoms with E-state index in [0.29, 0.717) is 5.92 Å². The first-order chi connectivity index (χ1) is 6.54. The van der Waals surface area contributed by atoms with E-state index in [4.69, 9.17) is 0 Å². The molecule has 0 radical (unpaired) electrons. The van der Waals surface area contributed by atoms with Crippen molar-refractivity contribution >= 4 is 22.6 Å². The highest BCUT2D eigenvalue weighted by Crippen LogP contribution is 2.07. The second-order valence-corrected chi connectivity index (χ2v) is 4.80. The minimum atomic E-state index is -0.00639. The third-order valence-corrected chi connectivity index (χ3v) is 3.03. The third kappa shape index (κ3) is 2.80. The molecule has 4 heteroatoms. The fraction of sp³-hybridized carbons (Fsp3) is 0.600. The Labute approximate surface area is 97.5 Å². The van der Waals surface area contributed by atoms with Crippen molar-refractivity contribution in [2.75, 3.05) is 0 Å². The number of hydrogen-bond acceptors (Lipinski definition) is 2. The van der Waals surface area contributed by atoms with Gasteiger partial charge in [0.15, 0.2) is 0 Å². The normalized spacial score (nSPS) is 10.9. The van der Waals surface area contributed by atoms with Gasteiger partial charge in [0.05, 0.1) is 9.26 Å². The van der Waals surface area contributed by atoms with Gasteiger partial charge in [-0.25, -0.2) is 4.98 Å². The first kappa shape index (κ1) is 11.7. The monoisotopic (exact) mass is 306 g/mol. The Kier molecular flexibility index (Phi) is 4.10. The van der Waals surface area contributed by atoms with Gasteiger partial charge in [0.25, 0.3) is 5.56 Å². The average Bonchev–Trinajstić information content (AvgIpc) is 2.10. The van der Waals surface area contributed by atoms with Gasteiger partial charge < -0.3 is 4.98 Å². The van der Waals surface area contributed by atoms with Crippen LogP contribution >= 0.6 is 22.6 Å². The van der Waals surface area contributed by atoms with Gasteiger partial charge in [-0.2, -0.15) is 0 Å². The average molecular weight is 306 g/mol. The summed E-state index contributed by atoms with van der Waals surface area (Å²) in [5.74, 6) is 1.32. The zero-order valence-electron chi connectivity index (χ0n) is 8.72. The van der Waals surface area contributed by atoms with E-state index in [1.165, 1.54) is 0 Å². The lowest BCUT2D eigenvalue weighted by Crippen LogP contribution is -2.18. The van der Waals surface area contributed by atoms with Crippen molar-refractivity contribution in [2.45, 2.75) is 33.6 Å². The molecule has 1 N–H and O–H groups in total. The summed E-state index contributed by atoms with van der Waals surface area (Å²) in [5.41, 5.74) is 0.901. The van der Waals surface area contributed by atoms with E-state index in [1.807, 2.05) is 29.5 Å². The Morgan fingerprint density at radius 3 is 2.64 bits per heavy atom. The number of rotatable bonds is 3. The molecule has 1 aromatic heterocycles. The largest absolute Gasteiger partial charge is 0.310 e. The zero-order valence-corrected chi connectivity index (χ0v) is 10.9. The first-order valence-electron chi connectivity index (χ1n) is 4.82. The predicted molar refractivity (Wildman–Crippen MR) is 65.5 cm³/mol. The molecule has 0 amide bonds. The van der Waals surface area contributed by atoms with Crippen molar-refractivity contribution in [3.63, 3.8) is 0 Å². The number of hydrogen-bond donors (Lipinski definition) is 1. The summed E-state index contributed by atoms with van der Waals surface area (Å²) in [6.07, 6.45) is 1.65. The van der Waals surface area contributed by atoms with E-state index in [9.17, 15) is 4.79 Å². The van der Waals surface area contributed by atoms with Crippen LogP contribution in [0.25, 0.3) is 0 Å². The molecule has 0 saturated heterocycles. The Morgan fingerprint density at radius 2 is 2.14 bits per heavy atom. The molecule has 0 aromatic carbocycles. The maximum absolute atomic E-state index is 11.5. The molecule has 0 fully saturated rings. The lowest BCUT2D eigenvalue weighted by Gasteiger charge is -2.06. The lowest BCUT2D eigenvalue weighted by molar-refractivity contribution is 0.614. The van der Waals surface area contributed by atoms with Crippen LogP contribution in [-0.4, -0.2) is 9.97 Å². The molecule has 0 bridgehead atoms. The minimum Gasteiger partial charge on any atom is -0.310 e. The van der Waals surface area contributed by atoms with Crippen LogP contribution in [0, 0.1) is 9.49 Å². The Balaban J connectivity index is 3.10. The molecule has 14 heavy (non-hydrogen) atoms. The SMILES string of the molecule is CCc1nc(CC(C)C)[nH]c(=O)c1I. The highest BCUT2D eigenvalue weighted by Gasteiger charge is 2.07. The Morgan fingerprint density at radius 1 is 1.50 bits per heavy atom. The summed E-state index contributed by atoms with van der Waals surface area (Å²) in [5, 5.41) is 0. The first-order valence-corrected chi connectivity index (χ1v) is 5.90. The molecule has 0 aliphatic heterocycles. The molecule has 0 atom stereocenters. The summed E-state index contributed by atoms with van der Waals surface area (Å²) in [4.78, 5) is 18.7. The second kappa shape index (κ2) is 4.91. The minimum absolute atomic E-state index is 0.00639. The Bertz CT molecular complexity index is 371. The number of halogens is 1. The lowest BCUT2D eigenvalue weighted by atomic mass is 10.1. The van der Waals surface area contributed by atoms with Crippen molar-refractivity contribution < 1.29 is 0 Å². The van der Waals surface area contributed by atoms with Crippen LogP contribution in [0.5, 0.6) is 0 Å². The molecule has 0 saturated carbocycles. The fourth-order valence-electron chi connectivity index (χ4n) is 1.27. The smallest absolute Gasteiger partial charge is 0.264 e. The van der Waals surface area contributed by atoms with Gasteiger partial charge in [0.2, 0.25) is 0 Å². The van der Waals surface area contributed by atoms with Crippen LogP contribution in [0.3, 0.4) is 0 Å². The topological polar surface area (TPSA) is 45.8 Å². The number of aryl methyl sites for hydroxylation is 1. The summed E-state index contributed by atoms with van der Waals surface area (Å²) >= 11 is 2.05. The molecule has 3 nitrogen and oxygen atoms in total. The van der Waals surface area contributed by atoms with Crippen molar-refractivity contribution in [3.8, 4) is 0 Å². The van der Waals surface area contributed by atoms with Crippen LogP contribution in [0.2, 0.25) is 0 Å². The van der Waals surface area contributed by atoms with Crippen LogP contribution in [0.4, 0.5) is 0 Å². The maximum Gasteiger partial charge on any atom is 0.264 e. The molecule has 0 aliphatic rings. The summed E-state index contributed by atoms with van der Waals surface area (Å²) in [6.45, 7) is 6.25. The molecule has 1 heterocycles. The van der Waals surface area contributed by atoms with E-state index in [1.54, 1.807) is 0 Å². The molecular weight excluding hydrogens is 291 g/mol. The van der Waals surface area contributed by atoms with Crippen molar-refractivity contribution in [2.24, 2.45) is 5.92 Å². The number of H-pyrrole nitrogens is 1. The van der Waals surface area contributed by atoms with E-state index >= 15 is 0 Å². The highest BCUT2D eigenvalue weighted by molar-refractivity contribution is 14.1. The molecule has 1 rings (SSSR count). The van der Waals surface area contributed by atoms with Gasteiger partial charge in [-0.05, 0) is 34.9 Å². The molecule has 0 unspecified atom stereocenters. The van der Waals surface area contributed by atoms with Crippen LogP contribution < -0.4 is 5.56 Å². The second-order valence-electron chi connectivity index (χ2n) is 3.72. The number of aromatic amines is 1. The quantitative estimate of drug-likeness (QED) is 0.870. The van der Waals surface area contributed by atoms with E-state index in [-0.39, 0.29) is 5.56 Å². The molecule has 0 spiro atoms. The summed E-state index contributed by atoms with van der Waals surface area (Å²) in [7, 11) is 0. The van der Waals surface area contributed by atoms with Crippen LogP contribution in [-0.2, 0) is 12.8 Å². The van der Waals surface area contributed by atoms with Crippen molar-refractivity contribution in [3.05, 3.63) is 25.4 Å². The third-order valence-electron chi connectivity index (χ3n) is 1.92. The standard InChI is InChI=1S/C10H15IN2O/c1-4-7-9(11)10(14)13-8(12-7)5-6(2)3/h6H,4-5H2,1-3H3,(H,12,13,14). The van der Waals surface area contributed by atoms with E-state index in [0.717, 1.165) is 27.9 Å². The van der Waals surface area contributed by atoms with Gasteiger partial charge in [0, 0.05) is 6.42 Å². The van der Waals surface area contributed by atoms with Gasteiger partial charge in [-0.15, -0.1) is 0 Å². The number of nitrogens with one attached hydrogen (secondary N) is 1. The van der Waals surface area contributed by atoms with Crippen molar-refractivity contribution in [1.29, 1.82) is 0 Å². The molecular formula is C10H15IN2O. The van der Waals surface area contributed by atoms with E-state index < -0.39 is 0 Å². The molecule has 0 aliphatic carbocycles. The number of nitrogens with zero attached hydrogens (tertiary/aromatic N) is 1.